The molecule has 0 aliphatic carbocycles. The number of carbonyl (C=O) groups is 4. The van der Waals surface area contributed by atoms with Crippen LogP contribution in [0.4, 0.5) is 5.69 Å². The van der Waals surface area contributed by atoms with E-state index in [2.05, 4.69) is 10.2 Å². The summed E-state index contributed by atoms with van der Waals surface area (Å²) in [4.78, 5) is 57.1. The minimum Gasteiger partial charge on any atom is -0.480 e. The van der Waals surface area contributed by atoms with Crippen LogP contribution >= 0.6 is 12.2 Å². The maximum atomic E-state index is 11.8. The van der Waals surface area contributed by atoms with Crippen molar-refractivity contribution in [2.24, 2.45) is 4.99 Å². The first kappa shape index (κ1) is 31.0. The smallest absolute Gasteiger partial charge is 0.317 e. The largest absolute Gasteiger partial charge is 0.480 e. The molecule has 208 valence electrons. The Kier molecular flexibility index (Phi) is 12.9. The van der Waals surface area contributed by atoms with Gasteiger partial charge in [0.15, 0.2) is 0 Å². The van der Waals surface area contributed by atoms with Crippen molar-refractivity contribution in [1.82, 2.24) is 19.6 Å². The van der Waals surface area contributed by atoms with Gasteiger partial charge in [-0.25, -0.2) is 0 Å². The predicted octanol–water partition coefficient (Wildman–Crippen LogP) is -0.108. The molecule has 38 heavy (non-hydrogen) atoms. The second kappa shape index (κ2) is 15.9. The van der Waals surface area contributed by atoms with Crippen molar-refractivity contribution >= 4 is 46.9 Å². The summed E-state index contributed by atoms with van der Waals surface area (Å²) in [6, 6.07) is 6.68. The molecule has 0 amide bonds. The summed E-state index contributed by atoms with van der Waals surface area (Å²) in [6.45, 7) is 0.325. The molecule has 1 aromatic rings. The summed E-state index contributed by atoms with van der Waals surface area (Å²) in [5, 5.41) is 40.2. The van der Waals surface area contributed by atoms with E-state index in [-0.39, 0.29) is 72.0 Å². The number of hydrogen-bond donors (Lipinski definition) is 4. The van der Waals surface area contributed by atoms with Crippen molar-refractivity contribution < 1.29 is 39.6 Å². The third-order valence-electron chi connectivity index (χ3n) is 6.18. The van der Waals surface area contributed by atoms with Crippen molar-refractivity contribution in [2.75, 3.05) is 72.0 Å². The number of hydrogen-bond acceptors (Lipinski definition) is 10. The number of carboxylic acid groups (broad SMARTS) is 4. The van der Waals surface area contributed by atoms with E-state index in [0.29, 0.717) is 12.1 Å². The van der Waals surface area contributed by atoms with Gasteiger partial charge >= 0.3 is 23.9 Å². The number of thiocarbonyl (C=S) groups is 1. The number of carboxylic acids is 4. The van der Waals surface area contributed by atoms with Crippen LogP contribution in [0.25, 0.3) is 0 Å². The van der Waals surface area contributed by atoms with E-state index in [4.69, 9.17) is 12.2 Å². The Bertz CT molecular complexity index is 1030. The monoisotopic (exact) mass is 551 g/mol. The van der Waals surface area contributed by atoms with Gasteiger partial charge in [0, 0.05) is 51.9 Å². The fourth-order valence-electron chi connectivity index (χ4n) is 4.45. The summed E-state index contributed by atoms with van der Waals surface area (Å²) in [5.41, 5.74) is 1.33. The summed E-state index contributed by atoms with van der Waals surface area (Å²) in [6.07, 6.45) is 0.317. The number of nitrogens with zero attached hydrogens (tertiary/aromatic N) is 5. The number of benzene rings is 1. The Hall–Kier alpha value is -3.26. The van der Waals surface area contributed by atoms with Crippen molar-refractivity contribution in [3.63, 3.8) is 0 Å². The van der Waals surface area contributed by atoms with Crippen LogP contribution in [0.5, 0.6) is 0 Å². The van der Waals surface area contributed by atoms with Gasteiger partial charge in [-0.05, 0) is 30.3 Å². The highest BCUT2D eigenvalue weighted by molar-refractivity contribution is 7.78. The van der Waals surface area contributed by atoms with E-state index in [0.717, 1.165) is 5.56 Å². The molecule has 1 fully saturated rings. The zero-order chi connectivity index (χ0) is 28.1. The lowest BCUT2D eigenvalue weighted by Gasteiger charge is -2.37. The van der Waals surface area contributed by atoms with Gasteiger partial charge in [0.25, 0.3) is 0 Å². The van der Waals surface area contributed by atoms with E-state index >= 15 is 0 Å². The normalized spacial score (nSPS) is 19.0. The Balaban J connectivity index is 2.47. The van der Waals surface area contributed by atoms with Crippen LogP contribution in [0.1, 0.15) is 5.56 Å². The summed E-state index contributed by atoms with van der Waals surface area (Å²) < 4.78 is 0. The Morgan fingerprint density at radius 2 is 1.24 bits per heavy atom. The van der Waals surface area contributed by atoms with Gasteiger partial charge in [-0.1, -0.05) is 18.2 Å². The first-order valence-corrected chi connectivity index (χ1v) is 12.4. The predicted molar refractivity (Wildman–Crippen MR) is 140 cm³/mol. The Morgan fingerprint density at radius 1 is 0.763 bits per heavy atom. The topological polar surface area (TPSA) is 175 Å². The molecule has 1 atom stereocenters. The van der Waals surface area contributed by atoms with Crippen LogP contribution in [0.3, 0.4) is 0 Å². The van der Waals surface area contributed by atoms with Crippen molar-refractivity contribution in [3.05, 3.63) is 29.8 Å². The molecule has 1 aromatic carbocycles. The average molecular weight is 552 g/mol. The first-order chi connectivity index (χ1) is 18.1. The maximum Gasteiger partial charge on any atom is 0.317 e. The molecule has 1 aliphatic heterocycles. The minimum absolute atomic E-state index is 0.176. The van der Waals surface area contributed by atoms with Crippen molar-refractivity contribution in [2.45, 2.75) is 12.5 Å². The maximum absolute atomic E-state index is 11.8. The van der Waals surface area contributed by atoms with Gasteiger partial charge in [0.2, 0.25) is 0 Å². The number of aliphatic carboxylic acids is 4. The number of rotatable bonds is 11. The number of isothiocyanates is 1. The van der Waals surface area contributed by atoms with E-state index in [1.54, 1.807) is 31.7 Å². The van der Waals surface area contributed by atoms with Crippen molar-refractivity contribution in [1.29, 1.82) is 0 Å². The molecule has 0 bridgehead atoms. The first-order valence-electron chi connectivity index (χ1n) is 12.0. The van der Waals surface area contributed by atoms with Gasteiger partial charge in [-0.15, -0.1) is 0 Å². The molecule has 13 nitrogen and oxygen atoms in total. The fourth-order valence-corrected chi connectivity index (χ4v) is 4.55. The molecule has 14 heteroatoms. The van der Waals surface area contributed by atoms with Crippen LogP contribution < -0.4 is 0 Å². The molecule has 0 aromatic heterocycles. The van der Waals surface area contributed by atoms with E-state index in [9.17, 15) is 39.6 Å². The average Bonchev–Trinajstić information content (AvgIpc) is 2.81. The molecule has 1 unspecified atom stereocenters. The van der Waals surface area contributed by atoms with Crippen LogP contribution in [0, 0.1) is 0 Å². The van der Waals surface area contributed by atoms with Crippen LogP contribution in [0.2, 0.25) is 0 Å². The minimum atomic E-state index is -1.07. The third-order valence-corrected chi connectivity index (χ3v) is 6.27. The lowest BCUT2D eigenvalue weighted by Crippen LogP contribution is -2.53. The molecule has 1 heterocycles. The summed E-state index contributed by atoms with van der Waals surface area (Å²) in [7, 11) is 0. The standard InChI is InChI=1S/C24H33N5O8S/c30-21(31)13-26-5-6-27(14-22(32)33)9-10-29(16-24(36)37)19(12-28(8-7-26)15-23(34)35)11-18-3-1-2-4-20(18)25-17-38/h1-4,19H,5-16H2,(H,30,31)(H,32,33)(H,34,35)(H,36,37). The SMILES string of the molecule is O=C(O)CN1CCN(CC(=O)O)CCN(CC(=O)O)C(Cc2ccccc2N=C=S)CN(CC(=O)O)CC1. The lowest BCUT2D eigenvalue weighted by molar-refractivity contribution is -0.142. The van der Waals surface area contributed by atoms with E-state index < -0.39 is 29.9 Å². The third kappa shape index (κ3) is 11.4. The highest BCUT2D eigenvalue weighted by Crippen LogP contribution is 2.22. The highest BCUT2D eigenvalue weighted by atomic mass is 32.1. The highest BCUT2D eigenvalue weighted by Gasteiger charge is 2.28. The Morgan fingerprint density at radius 3 is 1.76 bits per heavy atom. The number of aliphatic imine (C=N–C) groups is 1. The second-order valence-electron chi connectivity index (χ2n) is 9.02. The molecule has 4 N–H and O–H groups in total. The molecule has 1 saturated heterocycles. The van der Waals surface area contributed by atoms with Crippen molar-refractivity contribution in [3.8, 4) is 0 Å². The lowest BCUT2D eigenvalue weighted by atomic mass is 10.0. The van der Waals surface area contributed by atoms with Gasteiger partial charge in [-0.3, -0.25) is 38.8 Å². The molecule has 0 radical (unpaired) electrons. The van der Waals surface area contributed by atoms with Gasteiger partial charge < -0.3 is 20.4 Å². The number of para-hydroxylation sites is 1. The zero-order valence-electron chi connectivity index (χ0n) is 20.9. The molecule has 1 aliphatic rings. The van der Waals surface area contributed by atoms with Crippen LogP contribution in [-0.2, 0) is 25.6 Å². The van der Waals surface area contributed by atoms with Crippen LogP contribution in [-0.4, -0.2) is 147 Å². The zero-order valence-corrected chi connectivity index (χ0v) is 21.8. The van der Waals surface area contributed by atoms with E-state index in [1.807, 2.05) is 12.1 Å². The Labute approximate surface area is 225 Å². The van der Waals surface area contributed by atoms with Gasteiger partial charge in [-0.2, -0.15) is 4.99 Å². The molecular weight excluding hydrogens is 518 g/mol. The molecular formula is C24H33N5O8S. The fraction of sp³-hybridized carbons (Fsp3) is 0.542. The van der Waals surface area contributed by atoms with E-state index in [1.165, 1.54) is 0 Å². The quantitative estimate of drug-likeness (QED) is 0.212. The molecule has 0 saturated carbocycles. The summed E-state index contributed by atoms with van der Waals surface area (Å²) in [5.74, 6) is -4.24. The molecule has 0 spiro atoms. The second-order valence-corrected chi connectivity index (χ2v) is 9.21. The summed E-state index contributed by atoms with van der Waals surface area (Å²) >= 11 is 4.75. The van der Waals surface area contributed by atoms with Gasteiger partial charge in [0.05, 0.1) is 37.0 Å². The molecule has 2 rings (SSSR count). The van der Waals surface area contributed by atoms with Gasteiger partial charge in [0.1, 0.15) is 0 Å². The van der Waals surface area contributed by atoms with Crippen LogP contribution in [0.15, 0.2) is 29.3 Å².